The molecule has 1 fully saturated rings. The smallest absolute Gasteiger partial charge is 0.422 e. The van der Waals surface area contributed by atoms with Gasteiger partial charge in [0.15, 0.2) is 11.5 Å². The van der Waals surface area contributed by atoms with E-state index in [0.29, 0.717) is 24.5 Å². The lowest BCUT2D eigenvalue weighted by atomic mass is 10.0. The molecule has 2 atom stereocenters. The van der Waals surface area contributed by atoms with Gasteiger partial charge in [-0.3, -0.25) is 5.43 Å². The summed E-state index contributed by atoms with van der Waals surface area (Å²) in [6.45, 7) is 13.8. The van der Waals surface area contributed by atoms with Crippen LogP contribution in [0.2, 0.25) is 0 Å². The molecule has 1 saturated heterocycles. The van der Waals surface area contributed by atoms with E-state index in [4.69, 9.17) is 23.7 Å². The van der Waals surface area contributed by atoms with Crippen molar-refractivity contribution in [3.05, 3.63) is 83.9 Å². The number of amides is 1. The molecular weight excluding hydrogens is 634 g/mol. The molecule has 260 valence electrons. The summed E-state index contributed by atoms with van der Waals surface area (Å²) < 4.78 is 58.8. The minimum absolute atomic E-state index is 0.0288. The maximum atomic E-state index is 14.2. The molecule has 11 nitrogen and oxygen atoms in total. The highest BCUT2D eigenvalue weighted by Gasteiger charge is 2.50. The molecule has 0 unspecified atom stereocenters. The number of rotatable bonds is 12. The number of ether oxygens (including phenoxy) is 5. The van der Waals surface area contributed by atoms with Crippen LogP contribution in [-0.2, 0) is 32.5 Å². The number of nitrogens with one attached hydrogen (secondary N) is 1. The Kier molecular flexibility index (Phi) is 10.6. The zero-order valence-electron chi connectivity index (χ0n) is 28.8. The molecule has 48 heavy (non-hydrogen) atoms. The SMILES string of the molecule is CC(C)CN(C[C@H]1OC(C)(C)N(NC(=O)OC(C)(C)C)[C@H]1Cc1ccc(OCc2ccccc2)cc1)S(=O)(=O)c1ccc2c(c1)OCO2. The maximum absolute atomic E-state index is 14.2. The largest absolute Gasteiger partial charge is 0.489 e. The molecule has 12 heteroatoms. The minimum Gasteiger partial charge on any atom is -0.489 e. The summed E-state index contributed by atoms with van der Waals surface area (Å²) in [6, 6.07) is 21.9. The molecule has 0 saturated carbocycles. The van der Waals surface area contributed by atoms with Crippen LogP contribution in [0.1, 0.15) is 59.6 Å². The third kappa shape index (κ3) is 8.79. The fraction of sp³-hybridized carbons (Fsp3) is 0.472. The molecule has 1 N–H and O–H groups in total. The Bertz CT molecular complexity index is 1660. The standard InChI is InChI=1S/C36H47N3O8S/c1-25(2)21-38(48(41,42)29-17-18-31-32(20-29)45-24-44-31)22-33-30(39(36(6,7)46-33)37-34(40)47-35(3,4)5)19-26-13-15-28(16-14-26)43-23-27-11-9-8-10-12-27/h8-18,20,25,30,33H,19,21-24H2,1-7H3,(H,37,40)/t30-,33+/m0/s1. The van der Waals surface area contributed by atoms with Gasteiger partial charge >= 0.3 is 6.09 Å². The van der Waals surface area contributed by atoms with E-state index in [1.54, 1.807) is 31.8 Å². The first kappa shape index (κ1) is 35.5. The van der Waals surface area contributed by atoms with Crippen LogP contribution in [0.5, 0.6) is 17.2 Å². The van der Waals surface area contributed by atoms with Crippen molar-refractivity contribution in [2.75, 3.05) is 19.9 Å². The molecule has 0 bridgehead atoms. The second kappa shape index (κ2) is 14.3. The van der Waals surface area contributed by atoms with Crippen molar-refractivity contribution in [3.63, 3.8) is 0 Å². The predicted octanol–water partition coefficient (Wildman–Crippen LogP) is 6.13. The van der Waals surface area contributed by atoms with E-state index in [1.807, 2.05) is 82.3 Å². The normalized spacial score (nSPS) is 19.1. The van der Waals surface area contributed by atoms with E-state index < -0.39 is 39.6 Å². The number of benzene rings is 3. The molecule has 5 rings (SSSR count). The van der Waals surface area contributed by atoms with Crippen molar-refractivity contribution < 1.29 is 36.9 Å². The highest BCUT2D eigenvalue weighted by molar-refractivity contribution is 7.89. The zero-order valence-corrected chi connectivity index (χ0v) is 29.6. The van der Waals surface area contributed by atoms with Crippen LogP contribution in [-0.4, -0.2) is 67.2 Å². The molecule has 0 radical (unpaired) electrons. The van der Waals surface area contributed by atoms with Crippen molar-refractivity contribution in [2.24, 2.45) is 5.92 Å². The Hall–Kier alpha value is -3.84. The van der Waals surface area contributed by atoms with E-state index in [2.05, 4.69) is 5.43 Å². The second-order valence-corrected chi connectivity index (χ2v) is 15.9. The third-order valence-electron chi connectivity index (χ3n) is 7.94. The van der Waals surface area contributed by atoms with E-state index in [-0.39, 0.29) is 30.7 Å². The average Bonchev–Trinajstić information content (AvgIpc) is 3.57. The summed E-state index contributed by atoms with van der Waals surface area (Å²) in [5.74, 6) is 1.65. The highest BCUT2D eigenvalue weighted by Crippen LogP contribution is 2.37. The Morgan fingerprint density at radius 3 is 2.35 bits per heavy atom. The van der Waals surface area contributed by atoms with Crippen LogP contribution >= 0.6 is 0 Å². The lowest BCUT2D eigenvalue weighted by molar-refractivity contribution is -0.0968. The quantitative estimate of drug-likeness (QED) is 0.241. The lowest BCUT2D eigenvalue weighted by Crippen LogP contribution is -2.57. The third-order valence-corrected chi connectivity index (χ3v) is 9.77. The summed E-state index contributed by atoms with van der Waals surface area (Å²) >= 11 is 0. The van der Waals surface area contributed by atoms with Crippen LogP contribution in [0, 0.1) is 5.92 Å². The van der Waals surface area contributed by atoms with Crippen LogP contribution in [0.4, 0.5) is 4.79 Å². The summed E-state index contributed by atoms with van der Waals surface area (Å²) in [7, 11) is -3.97. The predicted molar refractivity (Wildman–Crippen MR) is 181 cm³/mol. The molecule has 2 heterocycles. The number of fused-ring (bicyclic) bond motifs is 1. The first-order valence-corrected chi connectivity index (χ1v) is 17.7. The molecule has 2 aliphatic rings. The Labute approximate surface area is 284 Å². The van der Waals surface area contributed by atoms with Crippen LogP contribution < -0.4 is 19.6 Å². The average molecular weight is 682 g/mol. The molecule has 0 aliphatic carbocycles. The Morgan fingerprint density at radius 2 is 1.69 bits per heavy atom. The molecule has 0 spiro atoms. The monoisotopic (exact) mass is 681 g/mol. The molecule has 0 aromatic heterocycles. The van der Waals surface area contributed by atoms with Gasteiger partial charge in [-0.2, -0.15) is 9.31 Å². The van der Waals surface area contributed by atoms with E-state index >= 15 is 0 Å². The molecular formula is C36H47N3O8S. The van der Waals surface area contributed by atoms with E-state index in [0.717, 1.165) is 16.9 Å². The zero-order chi connectivity index (χ0) is 34.7. The minimum atomic E-state index is -3.97. The number of sulfonamides is 1. The Morgan fingerprint density at radius 1 is 1.00 bits per heavy atom. The fourth-order valence-corrected chi connectivity index (χ4v) is 7.47. The van der Waals surface area contributed by atoms with Crippen molar-refractivity contribution >= 4 is 16.1 Å². The van der Waals surface area contributed by atoms with Gasteiger partial charge in [-0.25, -0.2) is 13.2 Å². The van der Waals surface area contributed by atoms with E-state index in [9.17, 15) is 13.2 Å². The number of hydrogen-bond acceptors (Lipinski definition) is 9. The van der Waals surface area contributed by atoms with Crippen LogP contribution in [0.15, 0.2) is 77.7 Å². The van der Waals surface area contributed by atoms with Gasteiger partial charge in [0.25, 0.3) is 0 Å². The van der Waals surface area contributed by atoms with Gasteiger partial charge in [-0.05, 0) is 82.3 Å². The van der Waals surface area contributed by atoms with Crippen molar-refractivity contribution in [2.45, 2.75) is 89.9 Å². The maximum Gasteiger partial charge on any atom is 0.422 e. The van der Waals surface area contributed by atoms with Gasteiger partial charge in [0.1, 0.15) is 23.7 Å². The number of nitrogens with zero attached hydrogens (tertiary/aromatic N) is 2. The van der Waals surface area contributed by atoms with Crippen LogP contribution in [0.3, 0.4) is 0 Å². The number of hydrogen-bond donors (Lipinski definition) is 1. The van der Waals surface area contributed by atoms with Crippen molar-refractivity contribution in [3.8, 4) is 17.2 Å². The number of carbonyl (C=O) groups excluding carboxylic acids is 1. The van der Waals surface area contributed by atoms with Gasteiger partial charge in [0.05, 0.1) is 17.0 Å². The van der Waals surface area contributed by atoms with E-state index in [1.165, 1.54) is 16.4 Å². The summed E-state index contributed by atoms with van der Waals surface area (Å²) in [5, 5.41) is 1.74. The second-order valence-electron chi connectivity index (χ2n) is 14.0. The van der Waals surface area contributed by atoms with Crippen LogP contribution in [0.25, 0.3) is 0 Å². The number of carbonyl (C=O) groups is 1. The first-order valence-electron chi connectivity index (χ1n) is 16.2. The Balaban J connectivity index is 1.41. The van der Waals surface area contributed by atoms with Gasteiger partial charge in [0, 0.05) is 19.2 Å². The van der Waals surface area contributed by atoms with Crippen molar-refractivity contribution in [1.29, 1.82) is 0 Å². The molecule has 2 aliphatic heterocycles. The summed E-state index contributed by atoms with van der Waals surface area (Å²) in [6.07, 6.45) is -0.796. The van der Waals surface area contributed by atoms with Gasteiger partial charge in [-0.15, -0.1) is 0 Å². The highest BCUT2D eigenvalue weighted by atomic mass is 32.2. The van der Waals surface area contributed by atoms with Gasteiger partial charge in [-0.1, -0.05) is 56.3 Å². The summed E-state index contributed by atoms with van der Waals surface area (Å²) in [4.78, 5) is 13.2. The van der Waals surface area contributed by atoms with Gasteiger partial charge in [0.2, 0.25) is 16.8 Å². The summed E-state index contributed by atoms with van der Waals surface area (Å²) in [5.41, 5.74) is 3.24. The fourth-order valence-electron chi connectivity index (χ4n) is 5.84. The molecule has 3 aromatic carbocycles. The van der Waals surface area contributed by atoms with Crippen molar-refractivity contribution in [1.82, 2.24) is 14.7 Å². The topological polar surface area (TPSA) is 116 Å². The number of hydrazine groups is 1. The van der Waals surface area contributed by atoms with Gasteiger partial charge < -0.3 is 23.7 Å². The molecule has 3 aromatic rings. The lowest BCUT2D eigenvalue weighted by Gasteiger charge is -2.34. The first-order chi connectivity index (χ1) is 22.6. The molecule has 1 amide bonds.